The van der Waals surface area contributed by atoms with Crippen molar-refractivity contribution in [2.24, 2.45) is 5.92 Å². The Kier molecular flexibility index (Phi) is 4.48. The van der Waals surface area contributed by atoms with E-state index in [-0.39, 0.29) is 17.1 Å². The number of fused-ring (bicyclic) bond motifs is 5. The number of hydrogen-bond donors (Lipinski definition) is 3. The van der Waals surface area contributed by atoms with Gasteiger partial charge in [-0.3, -0.25) is 4.79 Å². The zero-order valence-corrected chi connectivity index (χ0v) is 17.8. The largest absolute Gasteiger partial charge is 0.379 e. The second-order valence-electron chi connectivity index (χ2n) is 8.65. The Labute approximate surface area is 186 Å². The van der Waals surface area contributed by atoms with Crippen LogP contribution in [0.25, 0.3) is 33.3 Å². The Morgan fingerprint density at radius 3 is 2.59 bits per heavy atom. The van der Waals surface area contributed by atoms with Gasteiger partial charge in [0.05, 0.1) is 22.2 Å². The molecule has 3 aliphatic heterocycles. The van der Waals surface area contributed by atoms with E-state index in [1.54, 1.807) is 18.2 Å². The molecule has 3 fully saturated rings. The molecule has 4 aromatic rings. The van der Waals surface area contributed by atoms with Crippen molar-refractivity contribution in [1.82, 2.24) is 19.9 Å². The molecule has 0 radical (unpaired) electrons. The highest BCUT2D eigenvalue weighted by Crippen LogP contribution is 2.36. The van der Waals surface area contributed by atoms with E-state index in [0.717, 1.165) is 44.6 Å². The molecule has 0 spiro atoms. The van der Waals surface area contributed by atoms with Crippen molar-refractivity contribution in [1.29, 1.82) is 0 Å². The maximum absolute atomic E-state index is 14.3. The predicted octanol–water partition coefficient (Wildman–Crippen LogP) is 4.51. The van der Waals surface area contributed by atoms with Crippen LogP contribution in [0.1, 0.15) is 12.8 Å². The van der Waals surface area contributed by atoms with E-state index in [4.69, 9.17) is 11.6 Å². The van der Waals surface area contributed by atoms with Gasteiger partial charge in [-0.2, -0.15) is 0 Å². The molecule has 2 bridgehead atoms. The second-order valence-corrected chi connectivity index (χ2v) is 9.09. The van der Waals surface area contributed by atoms with Crippen molar-refractivity contribution < 1.29 is 8.78 Å². The monoisotopic (exact) mass is 455 g/mol. The minimum Gasteiger partial charge on any atom is -0.379 e. The molecule has 3 saturated heterocycles. The molecule has 0 unspecified atom stereocenters. The summed E-state index contributed by atoms with van der Waals surface area (Å²) in [5, 5.41) is 4.48. The third kappa shape index (κ3) is 3.17. The maximum atomic E-state index is 14.3. The first-order valence-electron chi connectivity index (χ1n) is 10.7. The van der Waals surface area contributed by atoms with E-state index in [2.05, 4.69) is 25.2 Å². The Morgan fingerprint density at radius 1 is 1.06 bits per heavy atom. The third-order valence-corrected chi connectivity index (χ3v) is 6.96. The SMILES string of the molecule is O=c1[nH]c2cc(F)c(F)cc2c(N[C@@H]2CN3CCC2CC3)c1-c1nc2ccc(Cl)cc2[nH]1. The van der Waals surface area contributed by atoms with Crippen LogP contribution in [0.5, 0.6) is 0 Å². The van der Waals surface area contributed by atoms with E-state index in [1.807, 2.05) is 0 Å². The van der Waals surface area contributed by atoms with Crippen LogP contribution in [0.4, 0.5) is 14.5 Å². The van der Waals surface area contributed by atoms with Crippen LogP contribution in [0.3, 0.4) is 0 Å². The first-order chi connectivity index (χ1) is 15.5. The topological polar surface area (TPSA) is 76.8 Å². The van der Waals surface area contributed by atoms with Gasteiger partial charge in [0.2, 0.25) is 0 Å². The number of hydrogen-bond acceptors (Lipinski definition) is 4. The van der Waals surface area contributed by atoms with Gasteiger partial charge in [0.1, 0.15) is 11.4 Å². The summed E-state index contributed by atoms with van der Waals surface area (Å²) in [5.41, 5.74) is 1.88. The summed E-state index contributed by atoms with van der Waals surface area (Å²) in [4.78, 5) is 26.0. The van der Waals surface area contributed by atoms with E-state index in [1.165, 1.54) is 0 Å². The number of aromatic amines is 2. The van der Waals surface area contributed by atoms with Gasteiger partial charge in [-0.15, -0.1) is 0 Å². The quantitative estimate of drug-likeness (QED) is 0.425. The zero-order valence-electron chi connectivity index (χ0n) is 17.0. The Balaban J connectivity index is 1.57. The number of anilines is 1. The summed E-state index contributed by atoms with van der Waals surface area (Å²) in [6, 6.07) is 7.49. The standard InChI is InChI=1S/C23H20ClF2N5O/c24-12-1-2-16-18(7-12)29-22(28-16)20-21(27-19-10-31-5-3-11(19)4-6-31)13-8-14(25)15(26)9-17(13)30-23(20)32/h1-2,7-9,11,19H,3-6,10H2,(H,28,29)(H2,27,30,32)/t19-/m1/s1. The van der Waals surface area contributed by atoms with Crippen LogP contribution in [-0.2, 0) is 0 Å². The van der Waals surface area contributed by atoms with Crippen molar-refractivity contribution in [2.75, 3.05) is 25.0 Å². The Hall–Kier alpha value is -2.97. The smallest absolute Gasteiger partial charge is 0.261 e. The molecule has 32 heavy (non-hydrogen) atoms. The van der Waals surface area contributed by atoms with Gasteiger partial charge in [-0.1, -0.05) is 11.6 Å². The summed E-state index contributed by atoms with van der Waals surface area (Å²) < 4.78 is 28.2. The summed E-state index contributed by atoms with van der Waals surface area (Å²) >= 11 is 6.10. The fraction of sp³-hybridized carbons (Fsp3) is 0.304. The van der Waals surface area contributed by atoms with Crippen molar-refractivity contribution in [3.8, 4) is 11.4 Å². The number of piperidine rings is 3. The van der Waals surface area contributed by atoms with E-state index >= 15 is 0 Å². The molecule has 7 rings (SSSR count). The number of imidazole rings is 1. The molecule has 0 saturated carbocycles. The lowest BCUT2D eigenvalue weighted by molar-refractivity contribution is 0.0976. The Bertz CT molecular complexity index is 1420. The van der Waals surface area contributed by atoms with Gasteiger partial charge in [-0.05, 0) is 56.1 Å². The van der Waals surface area contributed by atoms with Crippen LogP contribution >= 0.6 is 11.6 Å². The summed E-state index contributed by atoms with van der Waals surface area (Å²) in [6.07, 6.45) is 2.14. The molecular formula is C23H20ClF2N5O. The van der Waals surface area contributed by atoms with Crippen LogP contribution in [0.2, 0.25) is 5.02 Å². The van der Waals surface area contributed by atoms with Gasteiger partial charge in [0, 0.05) is 29.1 Å². The number of rotatable bonds is 3. The molecule has 164 valence electrons. The van der Waals surface area contributed by atoms with Crippen molar-refractivity contribution in [3.63, 3.8) is 0 Å². The number of aromatic nitrogens is 3. The highest BCUT2D eigenvalue weighted by molar-refractivity contribution is 6.31. The maximum Gasteiger partial charge on any atom is 0.261 e. The van der Waals surface area contributed by atoms with Gasteiger partial charge in [-0.25, -0.2) is 13.8 Å². The van der Waals surface area contributed by atoms with Crippen LogP contribution in [0.15, 0.2) is 35.1 Å². The fourth-order valence-corrected chi connectivity index (χ4v) is 5.25. The van der Waals surface area contributed by atoms with Crippen LogP contribution < -0.4 is 10.9 Å². The van der Waals surface area contributed by atoms with Gasteiger partial charge in [0.15, 0.2) is 11.6 Å². The van der Waals surface area contributed by atoms with E-state index < -0.39 is 17.2 Å². The molecule has 6 nitrogen and oxygen atoms in total. The molecule has 0 aliphatic carbocycles. The number of benzene rings is 2. The summed E-state index contributed by atoms with van der Waals surface area (Å²) in [7, 11) is 0. The average molecular weight is 456 g/mol. The van der Waals surface area contributed by atoms with Gasteiger partial charge in [0.25, 0.3) is 5.56 Å². The lowest BCUT2D eigenvalue weighted by atomic mass is 9.83. The van der Waals surface area contributed by atoms with Crippen molar-refractivity contribution in [2.45, 2.75) is 18.9 Å². The third-order valence-electron chi connectivity index (χ3n) is 6.72. The minimum absolute atomic E-state index is 0.105. The lowest BCUT2D eigenvalue weighted by Crippen LogP contribution is -2.53. The highest BCUT2D eigenvalue weighted by Gasteiger charge is 2.35. The molecule has 0 amide bonds. The number of halogens is 3. The number of nitrogens with one attached hydrogen (secondary N) is 3. The predicted molar refractivity (Wildman–Crippen MR) is 121 cm³/mol. The molecule has 2 aromatic heterocycles. The molecule has 3 aliphatic rings. The van der Waals surface area contributed by atoms with Crippen LogP contribution in [-0.4, -0.2) is 45.5 Å². The molecular weight excluding hydrogens is 436 g/mol. The molecule has 2 aromatic carbocycles. The lowest BCUT2D eigenvalue weighted by Gasteiger charge is -2.45. The molecule has 9 heteroatoms. The minimum atomic E-state index is -1.01. The van der Waals surface area contributed by atoms with Crippen LogP contribution in [0, 0.1) is 17.6 Å². The summed E-state index contributed by atoms with van der Waals surface area (Å²) in [5.74, 6) is -1.17. The first-order valence-corrected chi connectivity index (χ1v) is 11.0. The summed E-state index contributed by atoms with van der Waals surface area (Å²) in [6.45, 7) is 2.98. The van der Waals surface area contributed by atoms with Gasteiger partial charge >= 0.3 is 0 Å². The van der Waals surface area contributed by atoms with E-state index in [9.17, 15) is 13.6 Å². The zero-order chi connectivity index (χ0) is 22.0. The number of pyridine rings is 1. The number of H-pyrrole nitrogens is 2. The first kappa shape index (κ1) is 19.7. The van der Waals surface area contributed by atoms with Crippen molar-refractivity contribution >= 4 is 39.2 Å². The van der Waals surface area contributed by atoms with E-state index in [0.29, 0.717) is 38.9 Å². The average Bonchev–Trinajstić information content (AvgIpc) is 3.18. The van der Waals surface area contributed by atoms with Crippen molar-refractivity contribution in [3.05, 3.63) is 57.3 Å². The molecule has 1 atom stereocenters. The second kappa shape index (κ2) is 7.28. The normalized spacial score (nSPS) is 22.7. The molecule has 3 N–H and O–H groups in total. The fourth-order valence-electron chi connectivity index (χ4n) is 5.08. The Morgan fingerprint density at radius 2 is 1.84 bits per heavy atom. The molecule has 5 heterocycles. The highest BCUT2D eigenvalue weighted by atomic mass is 35.5. The number of nitrogens with zero attached hydrogens (tertiary/aromatic N) is 2. The van der Waals surface area contributed by atoms with Gasteiger partial charge < -0.3 is 20.2 Å².